The minimum absolute atomic E-state index is 0.0596. The highest BCUT2D eigenvalue weighted by molar-refractivity contribution is 7.12. The normalized spacial score (nSPS) is 25.1. The quantitative estimate of drug-likeness (QED) is 0.864. The summed E-state index contributed by atoms with van der Waals surface area (Å²) >= 11 is 1.73. The van der Waals surface area contributed by atoms with Gasteiger partial charge in [0.05, 0.1) is 0 Å². The van der Waals surface area contributed by atoms with Gasteiger partial charge in [0.15, 0.2) is 0 Å². The number of halogens is 2. The number of nitrogens with two attached hydrogens (primary N) is 1. The van der Waals surface area contributed by atoms with Crippen molar-refractivity contribution in [3.63, 3.8) is 0 Å². The number of alkyl halides is 2. The van der Waals surface area contributed by atoms with Crippen LogP contribution >= 0.6 is 11.3 Å². The van der Waals surface area contributed by atoms with Crippen LogP contribution in [0.25, 0.3) is 0 Å². The van der Waals surface area contributed by atoms with Gasteiger partial charge in [-0.2, -0.15) is 0 Å². The van der Waals surface area contributed by atoms with Gasteiger partial charge in [0.25, 0.3) is 0 Å². The van der Waals surface area contributed by atoms with E-state index in [2.05, 4.69) is 6.07 Å². The van der Waals surface area contributed by atoms with Crippen molar-refractivity contribution in [2.75, 3.05) is 6.54 Å². The fourth-order valence-corrected chi connectivity index (χ4v) is 4.56. The number of aryl methyl sites for hydroxylation is 2. The molecule has 0 unspecified atom stereocenters. The summed E-state index contributed by atoms with van der Waals surface area (Å²) in [7, 11) is 0. The Morgan fingerprint density at radius 3 is 2.53 bits per heavy atom. The molecular weight excluding hydrogens is 240 g/mol. The van der Waals surface area contributed by atoms with Gasteiger partial charge in [-0.15, -0.1) is 11.3 Å². The monoisotopic (exact) mass is 257 g/mol. The zero-order valence-electron chi connectivity index (χ0n) is 9.77. The summed E-state index contributed by atoms with van der Waals surface area (Å²) in [4.78, 5) is 2.52. The smallest absolute Gasteiger partial charge is 0.250 e. The second-order valence-corrected chi connectivity index (χ2v) is 6.60. The fraction of sp³-hybridized carbons (Fsp3) is 0.692. The molecule has 2 aliphatic carbocycles. The molecule has 0 aromatic carbocycles. The molecule has 1 heterocycles. The van der Waals surface area contributed by atoms with Crippen LogP contribution in [-0.4, -0.2) is 12.5 Å². The Bertz CT molecular complexity index is 407. The molecule has 0 bridgehead atoms. The van der Waals surface area contributed by atoms with Crippen LogP contribution in [0.5, 0.6) is 0 Å². The van der Waals surface area contributed by atoms with E-state index < -0.39 is 11.3 Å². The lowest BCUT2D eigenvalue weighted by atomic mass is 9.65. The average Bonchev–Trinajstić information content (AvgIpc) is 2.68. The molecule has 3 rings (SSSR count). The van der Waals surface area contributed by atoms with Crippen molar-refractivity contribution < 1.29 is 8.78 Å². The fourth-order valence-electron chi connectivity index (χ4n) is 3.11. The molecule has 0 radical (unpaired) electrons. The highest BCUT2D eigenvalue weighted by Crippen LogP contribution is 2.55. The zero-order chi connectivity index (χ0) is 12.1. The number of hydrogen-bond acceptors (Lipinski definition) is 2. The van der Waals surface area contributed by atoms with Crippen LogP contribution in [0.4, 0.5) is 8.78 Å². The predicted molar refractivity (Wildman–Crippen MR) is 65.9 cm³/mol. The van der Waals surface area contributed by atoms with E-state index in [-0.39, 0.29) is 12.8 Å². The SMILES string of the molecule is NCC1(c2cc3c(s2)CCCC3)CC(F)(F)C1. The number of hydrogen-bond donors (Lipinski definition) is 1. The Morgan fingerprint density at radius 2 is 1.94 bits per heavy atom. The number of rotatable bonds is 2. The molecule has 1 nitrogen and oxygen atoms in total. The first kappa shape index (κ1) is 11.6. The van der Waals surface area contributed by atoms with E-state index in [4.69, 9.17) is 5.73 Å². The first-order valence-electron chi connectivity index (χ1n) is 6.25. The maximum atomic E-state index is 13.1. The van der Waals surface area contributed by atoms with E-state index in [1.807, 2.05) is 0 Å². The van der Waals surface area contributed by atoms with Crippen LogP contribution in [0.3, 0.4) is 0 Å². The van der Waals surface area contributed by atoms with Gasteiger partial charge in [0, 0.05) is 34.6 Å². The summed E-state index contributed by atoms with van der Waals surface area (Å²) in [6, 6.07) is 2.15. The maximum absolute atomic E-state index is 13.1. The van der Waals surface area contributed by atoms with Gasteiger partial charge in [-0.1, -0.05) is 0 Å². The third kappa shape index (κ3) is 1.82. The molecule has 1 fully saturated rings. The highest BCUT2D eigenvalue weighted by Gasteiger charge is 2.57. The molecule has 94 valence electrons. The Balaban J connectivity index is 1.90. The Hall–Kier alpha value is -0.480. The summed E-state index contributed by atoms with van der Waals surface area (Å²) < 4.78 is 26.3. The summed E-state index contributed by atoms with van der Waals surface area (Å²) in [5, 5.41) is 0. The molecule has 4 heteroatoms. The standard InChI is InChI=1S/C13H17F2NS/c14-13(15)6-12(7-13,8-16)11-5-9-3-1-2-4-10(9)17-11/h5H,1-4,6-8,16H2. The van der Waals surface area contributed by atoms with Crippen molar-refractivity contribution >= 4 is 11.3 Å². The molecule has 1 saturated carbocycles. The van der Waals surface area contributed by atoms with Gasteiger partial charge in [-0.05, 0) is 37.3 Å². The molecule has 0 amide bonds. The lowest BCUT2D eigenvalue weighted by Crippen LogP contribution is -2.53. The molecule has 0 spiro atoms. The van der Waals surface area contributed by atoms with Gasteiger partial charge >= 0.3 is 0 Å². The van der Waals surface area contributed by atoms with Crippen LogP contribution in [-0.2, 0) is 18.3 Å². The van der Waals surface area contributed by atoms with Crippen molar-refractivity contribution in [2.24, 2.45) is 5.73 Å². The molecule has 2 aliphatic rings. The van der Waals surface area contributed by atoms with Gasteiger partial charge in [0.2, 0.25) is 5.92 Å². The van der Waals surface area contributed by atoms with Gasteiger partial charge < -0.3 is 5.73 Å². The van der Waals surface area contributed by atoms with Crippen molar-refractivity contribution in [3.05, 3.63) is 21.4 Å². The summed E-state index contributed by atoms with van der Waals surface area (Å²) in [6.07, 6.45) is 4.58. The van der Waals surface area contributed by atoms with E-state index in [0.717, 1.165) is 17.7 Å². The molecule has 1 aromatic rings. The van der Waals surface area contributed by atoms with Crippen molar-refractivity contribution in [1.29, 1.82) is 0 Å². The second kappa shape index (κ2) is 3.75. The summed E-state index contributed by atoms with van der Waals surface area (Å²) in [5.74, 6) is -2.50. The largest absolute Gasteiger partial charge is 0.330 e. The van der Waals surface area contributed by atoms with Gasteiger partial charge in [0.1, 0.15) is 0 Å². The molecule has 17 heavy (non-hydrogen) atoms. The van der Waals surface area contributed by atoms with Crippen LogP contribution in [0.15, 0.2) is 6.07 Å². The Morgan fingerprint density at radius 1 is 1.24 bits per heavy atom. The third-order valence-electron chi connectivity index (χ3n) is 4.10. The molecule has 0 aliphatic heterocycles. The molecule has 2 N–H and O–H groups in total. The van der Waals surface area contributed by atoms with Crippen LogP contribution in [0.2, 0.25) is 0 Å². The minimum atomic E-state index is -2.50. The highest BCUT2D eigenvalue weighted by atomic mass is 32.1. The Labute approximate surface area is 104 Å². The summed E-state index contributed by atoms with van der Waals surface area (Å²) in [5.41, 5.74) is 6.72. The Kier molecular flexibility index (Phi) is 2.56. The molecule has 0 atom stereocenters. The topological polar surface area (TPSA) is 26.0 Å². The van der Waals surface area contributed by atoms with Gasteiger partial charge in [-0.25, -0.2) is 8.78 Å². The second-order valence-electron chi connectivity index (χ2n) is 5.46. The van der Waals surface area contributed by atoms with Gasteiger partial charge in [-0.3, -0.25) is 0 Å². The lowest BCUT2D eigenvalue weighted by molar-refractivity contribution is -0.122. The van der Waals surface area contributed by atoms with Crippen molar-refractivity contribution in [3.8, 4) is 0 Å². The van der Waals surface area contributed by atoms with E-state index in [1.165, 1.54) is 23.3 Å². The maximum Gasteiger partial charge on any atom is 0.250 e. The van der Waals surface area contributed by atoms with Crippen LogP contribution in [0.1, 0.15) is 41.0 Å². The molecule has 0 saturated heterocycles. The summed E-state index contributed by atoms with van der Waals surface area (Å²) in [6.45, 7) is 0.349. The first-order chi connectivity index (χ1) is 8.05. The van der Waals surface area contributed by atoms with E-state index in [1.54, 1.807) is 11.3 Å². The van der Waals surface area contributed by atoms with Crippen molar-refractivity contribution in [2.45, 2.75) is 49.9 Å². The van der Waals surface area contributed by atoms with Crippen molar-refractivity contribution in [1.82, 2.24) is 0 Å². The van der Waals surface area contributed by atoms with Crippen LogP contribution in [0, 0.1) is 0 Å². The zero-order valence-corrected chi connectivity index (χ0v) is 10.6. The lowest BCUT2D eigenvalue weighted by Gasteiger charge is -2.46. The van der Waals surface area contributed by atoms with E-state index in [9.17, 15) is 8.78 Å². The number of fused-ring (bicyclic) bond motifs is 1. The number of thiophene rings is 1. The molecule has 1 aromatic heterocycles. The minimum Gasteiger partial charge on any atom is -0.330 e. The van der Waals surface area contributed by atoms with E-state index >= 15 is 0 Å². The average molecular weight is 257 g/mol. The first-order valence-corrected chi connectivity index (χ1v) is 7.06. The van der Waals surface area contributed by atoms with Crippen LogP contribution < -0.4 is 5.73 Å². The van der Waals surface area contributed by atoms with E-state index in [0.29, 0.717) is 6.54 Å². The predicted octanol–water partition coefficient (Wildman–Crippen LogP) is 3.25. The molecular formula is C13H17F2NS. The third-order valence-corrected chi connectivity index (χ3v) is 5.59.